The minimum Gasteiger partial charge on any atom is -0.345 e. The maximum atomic E-state index is 12.7. The number of fused-ring (bicyclic) bond motifs is 1. The van der Waals surface area contributed by atoms with Crippen LogP contribution in [0.3, 0.4) is 0 Å². The Labute approximate surface area is 124 Å². The van der Waals surface area contributed by atoms with Gasteiger partial charge in [0.05, 0.1) is 5.54 Å². The molecule has 0 unspecified atom stereocenters. The summed E-state index contributed by atoms with van der Waals surface area (Å²) in [5, 5.41) is 3.12. The molecule has 5 nitrogen and oxygen atoms in total. The van der Waals surface area contributed by atoms with E-state index in [1.165, 1.54) is 6.07 Å². The lowest BCUT2D eigenvalue weighted by Gasteiger charge is -2.29. The Hall–Kier alpha value is -1.62. The number of aryl methyl sites for hydroxylation is 1. The Kier molecular flexibility index (Phi) is 3.85. The topological polar surface area (TPSA) is 88.0 Å². The van der Waals surface area contributed by atoms with Crippen molar-refractivity contribution in [3.05, 3.63) is 33.2 Å². The van der Waals surface area contributed by atoms with E-state index in [9.17, 15) is 9.59 Å². The van der Waals surface area contributed by atoms with Crippen molar-refractivity contribution in [3.63, 3.8) is 0 Å². The van der Waals surface area contributed by atoms with Crippen LogP contribution in [-0.4, -0.2) is 23.0 Å². The van der Waals surface area contributed by atoms with Crippen LogP contribution in [0, 0.1) is 0 Å². The molecule has 4 N–H and O–H groups in total. The number of carbonyl (C=O) groups is 1. The van der Waals surface area contributed by atoms with Gasteiger partial charge in [-0.1, -0.05) is 12.8 Å². The van der Waals surface area contributed by atoms with Gasteiger partial charge in [-0.15, -0.1) is 0 Å². The molecule has 0 atom stereocenters. The first-order chi connectivity index (χ1) is 10.1. The first-order valence-electron chi connectivity index (χ1n) is 7.91. The molecule has 0 saturated heterocycles. The summed E-state index contributed by atoms with van der Waals surface area (Å²) in [5.74, 6) is -0.133. The first kappa shape index (κ1) is 14.3. The smallest absolute Gasteiger partial charge is 0.252 e. The van der Waals surface area contributed by atoms with Crippen LogP contribution in [0.15, 0.2) is 10.9 Å². The predicted octanol–water partition coefficient (Wildman–Crippen LogP) is 1.25. The molecule has 2 aliphatic carbocycles. The Bertz CT molecular complexity index is 600. The molecule has 0 spiro atoms. The summed E-state index contributed by atoms with van der Waals surface area (Å²) in [5.41, 5.74) is 7.92. The van der Waals surface area contributed by atoms with Crippen LogP contribution in [-0.2, 0) is 12.8 Å². The van der Waals surface area contributed by atoms with Crippen LogP contribution >= 0.6 is 0 Å². The molecule has 1 saturated carbocycles. The zero-order valence-corrected chi connectivity index (χ0v) is 12.3. The number of H-pyrrole nitrogens is 1. The van der Waals surface area contributed by atoms with E-state index in [1.54, 1.807) is 0 Å². The minimum atomic E-state index is -0.277. The lowest BCUT2D eigenvalue weighted by Crippen LogP contribution is -2.52. The Morgan fingerprint density at radius 2 is 1.95 bits per heavy atom. The standard InChI is InChI=1S/C16H23N3O2/c17-10-16(7-3-4-8-16)19-15(21)12-9-14(20)18-13-6-2-1-5-11(12)13/h9H,1-8,10,17H2,(H,18,20)(H,19,21). The van der Waals surface area contributed by atoms with Crippen LogP contribution in [0.25, 0.3) is 0 Å². The maximum Gasteiger partial charge on any atom is 0.252 e. The fourth-order valence-corrected chi connectivity index (χ4v) is 3.69. The molecule has 21 heavy (non-hydrogen) atoms. The third-order valence-electron chi connectivity index (χ3n) is 4.92. The Morgan fingerprint density at radius 1 is 1.24 bits per heavy atom. The van der Waals surface area contributed by atoms with Gasteiger partial charge in [0.1, 0.15) is 0 Å². The van der Waals surface area contributed by atoms with Crippen molar-refractivity contribution < 1.29 is 4.79 Å². The van der Waals surface area contributed by atoms with Gasteiger partial charge in [0.25, 0.3) is 5.91 Å². The average Bonchev–Trinajstić information content (AvgIpc) is 2.95. The zero-order valence-electron chi connectivity index (χ0n) is 12.3. The molecule has 0 aliphatic heterocycles. The molecule has 0 aromatic carbocycles. The molecule has 0 radical (unpaired) electrons. The maximum absolute atomic E-state index is 12.7. The molecule has 3 rings (SSSR count). The Balaban J connectivity index is 1.91. The van der Waals surface area contributed by atoms with Crippen molar-refractivity contribution in [2.75, 3.05) is 6.54 Å². The number of nitrogens with one attached hydrogen (secondary N) is 2. The monoisotopic (exact) mass is 289 g/mol. The van der Waals surface area contributed by atoms with E-state index in [0.717, 1.165) is 62.6 Å². The summed E-state index contributed by atoms with van der Waals surface area (Å²) >= 11 is 0. The van der Waals surface area contributed by atoms with Crippen LogP contribution in [0.5, 0.6) is 0 Å². The fourth-order valence-electron chi connectivity index (χ4n) is 3.69. The van der Waals surface area contributed by atoms with Crippen molar-refractivity contribution in [3.8, 4) is 0 Å². The molecular weight excluding hydrogens is 266 g/mol. The number of aromatic nitrogens is 1. The van der Waals surface area contributed by atoms with Gasteiger partial charge in [0.15, 0.2) is 0 Å². The van der Waals surface area contributed by atoms with E-state index in [4.69, 9.17) is 5.73 Å². The molecule has 5 heteroatoms. The highest BCUT2D eigenvalue weighted by molar-refractivity contribution is 5.96. The molecule has 1 amide bonds. The average molecular weight is 289 g/mol. The predicted molar refractivity (Wildman–Crippen MR) is 81.4 cm³/mol. The van der Waals surface area contributed by atoms with Gasteiger partial charge >= 0.3 is 0 Å². The first-order valence-corrected chi connectivity index (χ1v) is 7.91. The van der Waals surface area contributed by atoms with E-state index < -0.39 is 0 Å². The lowest BCUT2D eigenvalue weighted by atomic mass is 9.91. The summed E-state index contributed by atoms with van der Waals surface area (Å²) in [7, 11) is 0. The highest BCUT2D eigenvalue weighted by Crippen LogP contribution is 2.29. The number of hydrogen-bond acceptors (Lipinski definition) is 3. The van der Waals surface area contributed by atoms with Crippen molar-refractivity contribution >= 4 is 5.91 Å². The lowest BCUT2D eigenvalue weighted by molar-refractivity contribution is 0.0901. The third-order valence-corrected chi connectivity index (χ3v) is 4.92. The molecule has 1 heterocycles. The Morgan fingerprint density at radius 3 is 2.67 bits per heavy atom. The fraction of sp³-hybridized carbons (Fsp3) is 0.625. The van der Waals surface area contributed by atoms with Crippen molar-refractivity contribution in [1.29, 1.82) is 0 Å². The second-order valence-electron chi connectivity index (χ2n) is 6.36. The third kappa shape index (κ3) is 2.75. The highest BCUT2D eigenvalue weighted by Gasteiger charge is 2.34. The normalized spacial score (nSPS) is 20.0. The summed E-state index contributed by atoms with van der Waals surface area (Å²) in [6, 6.07) is 1.44. The van der Waals surface area contributed by atoms with Gasteiger partial charge in [-0.2, -0.15) is 0 Å². The largest absolute Gasteiger partial charge is 0.345 e. The SMILES string of the molecule is NCC1(NC(=O)c2cc(=O)[nH]c3c2CCCC3)CCCC1. The van der Waals surface area contributed by atoms with E-state index in [2.05, 4.69) is 10.3 Å². The van der Waals surface area contributed by atoms with Crippen molar-refractivity contribution in [1.82, 2.24) is 10.3 Å². The molecule has 2 aliphatic rings. The van der Waals surface area contributed by atoms with E-state index >= 15 is 0 Å². The van der Waals surface area contributed by atoms with Crippen molar-refractivity contribution in [2.24, 2.45) is 5.73 Å². The number of carbonyl (C=O) groups excluding carboxylic acids is 1. The second-order valence-corrected chi connectivity index (χ2v) is 6.36. The van der Waals surface area contributed by atoms with Gasteiger partial charge in [0, 0.05) is 23.9 Å². The van der Waals surface area contributed by atoms with Gasteiger partial charge in [-0.3, -0.25) is 9.59 Å². The molecular formula is C16H23N3O2. The molecule has 0 bridgehead atoms. The van der Waals surface area contributed by atoms with E-state index in [0.29, 0.717) is 12.1 Å². The summed E-state index contributed by atoms with van der Waals surface area (Å²) in [4.78, 5) is 27.3. The van der Waals surface area contributed by atoms with E-state index in [-0.39, 0.29) is 17.0 Å². The number of hydrogen-bond donors (Lipinski definition) is 3. The second kappa shape index (κ2) is 5.64. The number of amides is 1. The van der Waals surface area contributed by atoms with Crippen LogP contribution in [0.1, 0.15) is 60.1 Å². The van der Waals surface area contributed by atoms with E-state index in [1.807, 2.05) is 0 Å². The molecule has 1 fully saturated rings. The molecule has 114 valence electrons. The quantitative estimate of drug-likeness (QED) is 0.782. The van der Waals surface area contributed by atoms with Crippen molar-refractivity contribution in [2.45, 2.75) is 56.9 Å². The molecule has 1 aromatic rings. The van der Waals surface area contributed by atoms with Crippen LogP contribution in [0.2, 0.25) is 0 Å². The minimum absolute atomic E-state index is 0.133. The van der Waals surface area contributed by atoms with Gasteiger partial charge in [-0.05, 0) is 44.1 Å². The summed E-state index contributed by atoms with van der Waals surface area (Å²) in [6.45, 7) is 0.462. The molecule has 1 aromatic heterocycles. The van der Waals surface area contributed by atoms with Crippen LogP contribution in [0.4, 0.5) is 0 Å². The number of pyridine rings is 1. The van der Waals surface area contributed by atoms with Gasteiger partial charge in [-0.25, -0.2) is 0 Å². The van der Waals surface area contributed by atoms with Gasteiger partial charge in [0.2, 0.25) is 5.56 Å². The number of aromatic amines is 1. The van der Waals surface area contributed by atoms with Gasteiger partial charge < -0.3 is 16.0 Å². The summed E-state index contributed by atoms with van der Waals surface area (Å²) < 4.78 is 0. The zero-order chi connectivity index (χ0) is 14.9. The highest BCUT2D eigenvalue weighted by atomic mass is 16.2. The summed E-state index contributed by atoms with van der Waals surface area (Å²) in [6.07, 6.45) is 7.93. The van der Waals surface area contributed by atoms with Crippen LogP contribution < -0.4 is 16.6 Å². The number of nitrogens with two attached hydrogens (primary N) is 1. The number of rotatable bonds is 3.